The number of carbonyl (C=O) groups is 2. The maximum absolute atomic E-state index is 12.2. The summed E-state index contributed by atoms with van der Waals surface area (Å²) < 4.78 is 0. The van der Waals surface area contributed by atoms with Crippen molar-refractivity contribution < 1.29 is 14.7 Å². The molecule has 2 heterocycles. The number of rotatable bonds is 1. The Hall–Kier alpha value is -2.04. The third-order valence-electron chi connectivity index (χ3n) is 4.03. The van der Waals surface area contributed by atoms with Crippen LogP contribution in [-0.4, -0.2) is 29.6 Å². The molecule has 2 unspecified atom stereocenters. The van der Waals surface area contributed by atoms with Gasteiger partial charge in [-0.3, -0.25) is 4.79 Å². The number of carbonyl (C=O) groups excluding carboxylic acids is 1. The zero-order valence-electron chi connectivity index (χ0n) is 10.7. The number of benzene rings is 1. The lowest BCUT2D eigenvalue weighted by molar-refractivity contribution is -0.119. The van der Waals surface area contributed by atoms with Crippen LogP contribution < -0.4 is 10.2 Å². The van der Waals surface area contributed by atoms with E-state index in [1.165, 1.54) is 6.07 Å². The summed E-state index contributed by atoms with van der Waals surface area (Å²) in [5, 5.41) is 12.0. The van der Waals surface area contributed by atoms with Gasteiger partial charge < -0.3 is 15.3 Å². The van der Waals surface area contributed by atoms with Gasteiger partial charge in [-0.2, -0.15) is 0 Å². The summed E-state index contributed by atoms with van der Waals surface area (Å²) in [4.78, 5) is 25.5. The Morgan fingerprint density at radius 1 is 1.47 bits per heavy atom. The van der Waals surface area contributed by atoms with Crippen molar-refractivity contribution in [2.24, 2.45) is 5.92 Å². The van der Waals surface area contributed by atoms with E-state index in [4.69, 9.17) is 0 Å². The first-order valence-electron chi connectivity index (χ1n) is 6.53. The molecular formula is C14H16N2O3. The fraction of sp³-hybridized carbons (Fsp3) is 0.429. The summed E-state index contributed by atoms with van der Waals surface area (Å²) >= 11 is 0. The van der Waals surface area contributed by atoms with Crippen LogP contribution in [0.4, 0.5) is 11.4 Å². The number of hydrogen-bond acceptors (Lipinski definition) is 3. The van der Waals surface area contributed by atoms with Gasteiger partial charge in [0.1, 0.15) is 6.04 Å². The van der Waals surface area contributed by atoms with Crippen molar-refractivity contribution >= 4 is 23.3 Å². The monoisotopic (exact) mass is 260 g/mol. The Bertz CT molecular complexity index is 556. The van der Waals surface area contributed by atoms with Gasteiger partial charge in [0.05, 0.1) is 16.9 Å². The van der Waals surface area contributed by atoms with Crippen LogP contribution in [0.2, 0.25) is 0 Å². The van der Waals surface area contributed by atoms with Crippen LogP contribution in [0.3, 0.4) is 0 Å². The molecule has 2 aliphatic rings. The second-order valence-electron chi connectivity index (χ2n) is 5.25. The van der Waals surface area contributed by atoms with Gasteiger partial charge in [0.25, 0.3) is 0 Å². The van der Waals surface area contributed by atoms with Gasteiger partial charge in [-0.1, -0.05) is 13.0 Å². The smallest absolute Gasteiger partial charge is 0.337 e. The Balaban J connectivity index is 2.12. The highest BCUT2D eigenvalue weighted by Gasteiger charge is 2.39. The molecule has 1 fully saturated rings. The zero-order valence-corrected chi connectivity index (χ0v) is 10.7. The molecule has 0 aromatic heterocycles. The van der Waals surface area contributed by atoms with Gasteiger partial charge in [-0.25, -0.2) is 4.79 Å². The molecular weight excluding hydrogens is 244 g/mol. The van der Waals surface area contributed by atoms with E-state index >= 15 is 0 Å². The van der Waals surface area contributed by atoms with Crippen molar-refractivity contribution in [2.45, 2.75) is 25.8 Å². The Kier molecular flexibility index (Phi) is 2.69. The Labute approximate surface area is 111 Å². The molecule has 5 nitrogen and oxygen atoms in total. The predicted molar refractivity (Wildman–Crippen MR) is 71.6 cm³/mol. The SMILES string of the molecule is CC1CCCN2c3cccc(C(=O)O)c3NC(=O)C12. The Morgan fingerprint density at radius 2 is 2.26 bits per heavy atom. The number of nitrogens with one attached hydrogen (secondary N) is 1. The van der Waals surface area contributed by atoms with Crippen LogP contribution in [0.25, 0.3) is 0 Å². The lowest BCUT2D eigenvalue weighted by Gasteiger charge is -2.44. The van der Waals surface area contributed by atoms with Crippen molar-refractivity contribution in [1.82, 2.24) is 0 Å². The largest absolute Gasteiger partial charge is 0.478 e. The first-order valence-corrected chi connectivity index (χ1v) is 6.53. The highest BCUT2D eigenvalue weighted by molar-refractivity contribution is 6.10. The van der Waals surface area contributed by atoms with Crippen molar-refractivity contribution in [2.75, 3.05) is 16.8 Å². The van der Waals surface area contributed by atoms with Gasteiger partial charge in [0.15, 0.2) is 0 Å². The van der Waals surface area contributed by atoms with E-state index in [9.17, 15) is 14.7 Å². The molecule has 0 aliphatic carbocycles. The van der Waals surface area contributed by atoms with Gasteiger partial charge in [-0.15, -0.1) is 0 Å². The number of piperidine rings is 1. The highest BCUT2D eigenvalue weighted by Crippen LogP contribution is 2.39. The summed E-state index contributed by atoms with van der Waals surface area (Å²) in [7, 11) is 0. The zero-order chi connectivity index (χ0) is 13.6. The second kappa shape index (κ2) is 4.26. The van der Waals surface area contributed by atoms with Crippen molar-refractivity contribution in [3.05, 3.63) is 23.8 Å². The third kappa shape index (κ3) is 1.77. The number of aromatic carboxylic acids is 1. The van der Waals surface area contributed by atoms with Gasteiger partial charge in [0, 0.05) is 6.54 Å². The van der Waals surface area contributed by atoms with E-state index in [2.05, 4.69) is 17.1 Å². The number of hydrogen-bond donors (Lipinski definition) is 2. The molecule has 1 amide bonds. The van der Waals surface area contributed by atoms with Crippen LogP contribution in [0, 0.1) is 5.92 Å². The topological polar surface area (TPSA) is 69.6 Å². The lowest BCUT2D eigenvalue weighted by Crippen LogP contribution is -2.54. The first kappa shape index (κ1) is 12.0. The first-order chi connectivity index (χ1) is 9.09. The molecule has 0 saturated carbocycles. The summed E-state index contributed by atoms with van der Waals surface area (Å²) in [5.74, 6) is -0.815. The molecule has 5 heteroatoms. The van der Waals surface area contributed by atoms with Gasteiger partial charge in [-0.05, 0) is 30.9 Å². The number of carboxylic acid groups (broad SMARTS) is 1. The standard InChI is InChI=1S/C14H16N2O3/c1-8-4-3-7-16-10-6-2-5-9(14(18)19)11(10)15-13(17)12(8)16/h2,5-6,8,12H,3-4,7H2,1H3,(H,15,17)(H,18,19). The summed E-state index contributed by atoms with van der Waals surface area (Å²) in [6.45, 7) is 2.88. The van der Waals surface area contributed by atoms with Crippen molar-refractivity contribution in [3.8, 4) is 0 Å². The minimum atomic E-state index is -1.01. The predicted octanol–water partition coefficient (Wildman–Crippen LogP) is 1.94. The molecule has 2 N–H and O–H groups in total. The molecule has 2 aliphatic heterocycles. The maximum atomic E-state index is 12.2. The molecule has 19 heavy (non-hydrogen) atoms. The van der Waals surface area contributed by atoms with E-state index < -0.39 is 5.97 Å². The quantitative estimate of drug-likeness (QED) is 0.809. The average molecular weight is 260 g/mol. The fourth-order valence-corrected chi connectivity index (χ4v) is 3.14. The van der Waals surface area contributed by atoms with Gasteiger partial charge >= 0.3 is 5.97 Å². The summed E-state index contributed by atoms with van der Waals surface area (Å²) in [5.41, 5.74) is 1.42. The maximum Gasteiger partial charge on any atom is 0.337 e. The van der Waals surface area contributed by atoms with Crippen LogP contribution in [0.5, 0.6) is 0 Å². The number of amides is 1. The molecule has 100 valence electrons. The molecule has 1 aromatic rings. The number of fused-ring (bicyclic) bond motifs is 3. The van der Waals surface area contributed by atoms with Crippen molar-refractivity contribution in [1.29, 1.82) is 0 Å². The summed E-state index contributed by atoms with van der Waals surface area (Å²) in [6, 6.07) is 4.96. The molecule has 0 bridgehead atoms. The van der Waals surface area contributed by atoms with Crippen LogP contribution in [0.15, 0.2) is 18.2 Å². The van der Waals surface area contributed by atoms with Gasteiger partial charge in [0.2, 0.25) is 5.91 Å². The summed E-state index contributed by atoms with van der Waals surface area (Å²) in [6.07, 6.45) is 2.06. The van der Waals surface area contributed by atoms with E-state index in [1.807, 2.05) is 6.07 Å². The normalized spacial score (nSPS) is 25.3. The average Bonchev–Trinajstić information content (AvgIpc) is 2.38. The van der Waals surface area contributed by atoms with E-state index in [0.717, 1.165) is 25.1 Å². The Morgan fingerprint density at radius 3 is 3.00 bits per heavy atom. The van der Waals surface area contributed by atoms with E-state index in [-0.39, 0.29) is 23.4 Å². The molecule has 3 rings (SSSR count). The molecule has 0 radical (unpaired) electrons. The second-order valence-corrected chi connectivity index (χ2v) is 5.25. The lowest BCUT2D eigenvalue weighted by atomic mass is 9.87. The fourth-order valence-electron chi connectivity index (χ4n) is 3.14. The van der Waals surface area contributed by atoms with E-state index in [0.29, 0.717) is 5.69 Å². The van der Waals surface area contributed by atoms with Crippen LogP contribution in [0.1, 0.15) is 30.1 Å². The highest BCUT2D eigenvalue weighted by atomic mass is 16.4. The van der Waals surface area contributed by atoms with Crippen LogP contribution >= 0.6 is 0 Å². The molecule has 1 saturated heterocycles. The number of anilines is 2. The molecule has 0 spiro atoms. The number of nitrogens with zero attached hydrogens (tertiary/aromatic N) is 1. The molecule has 2 atom stereocenters. The minimum absolute atomic E-state index is 0.0894. The third-order valence-corrected chi connectivity index (χ3v) is 4.03. The minimum Gasteiger partial charge on any atom is -0.478 e. The van der Waals surface area contributed by atoms with E-state index in [1.54, 1.807) is 6.07 Å². The molecule has 1 aromatic carbocycles. The number of para-hydroxylation sites is 1. The number of carboxylic acids is 1. The van der Waals surface area contributed by atoms with Crippen molar-refractivity contribution in [3.63, 3.8) is 0 Å². The van der Waals surface area contributed by atoms with Crippen LogP contribution in [-0.2, 0) is 4.79 Å².